The van der Waals surface area contributed by atoms with Crippen LogP contribution in [-0.4, -0.2) is 16.0 Å². The highest BCUT2D eigenvalue weighted by molar-refractivity contribution is 5.63. The molecule has 1 N–H and O–H groups in total. The SMILES string of the molecule is CC(C)NCc1c(F)cccc1-c1ccncn1. The van der Waals surface area contributed by atoms with Gasteiger partial charge in [-0.3, -0.25) is 0 Å². The maximum Gasteiger partial charge on any atom is 0.128 e. The second-order valence-electron chi connectivity index (χ2n) is 4.40. The maximum atomic E-state index is 13.9. The zero-order valence-electron chi connectivity index (χ0n) is 10.5. The van der Waals surface area contributed by atoms with Crippen molar-refractivity contribution in [3.05, 3.63) is 48.2 Å². The first-order chi connectivity index (χ1) is 8.68. The van der Waals surface area contributed by atoms with E-state index in [1.54, 1.807) is 18.3 Å². The van der Waals surface area contributed by atoms with Gasteiger partial charge in [-0.1, -0.05) is 26.0 Å². The van der Waals surface area contributed by atoms with Crippen LogP contribution in [0, 0.1) is 5.82 Å². The molecule has 0 amide bonds. The van der Waals surface area contributed by atoms with E-state index in [0.717, 1.165) is 11.3 Å². The molecule has 0 radical (unpaired) electrons. The Bertz CT molecular complexity index is 512. The fourth-order valence-corrected chi connectivity index (χ4v) is 1.73. The number of halogens is 1. The van der Waals surface area contributed by atoms with Gasteiger partial charge in [-0.25, -0.2) is 14.4 Å². The number of rotatable bonds is 4. The molecule has 0 saturated heterocycles. The molecule has 2 rings (SSSR count). The van der Waals surface area contributed by atoms with Gasteiger partial charge in [0.1, 0.15) is 12.1 Å². The van der Waals surface area contributed by atoms with E-state index < -0.39 is 0 Å². The third-order valence-corrected chi connectivity index (χ3v) is 2.66. The van der Waals surface area contributed by atoms with E-state index >= 15 is 0 Å². The highest BCUT2D eigenvalue weighted by Crippen LogP contribution is 2.23. The average Bonchev–Trinajstić information content (AvgIpc) is 2.38. The summed E-state index contributed by atoms with van der Waals surface area (Å²) in [6, 6.07) is 7.15. The lowest BCUT2D eigenvalue weighted by atomic mass is 10.0. The largest absolute Gasteiger partial charge is 0.310 e. The van der Waals surface area contributed by atoms with Crippen molar-refractivity contribution in [1.82, 2.24) is 15.3 Å². The third kappa shape index (κ3) is 2.90. The Morgan fingerprint density at radius 3 is 2.78 bits per heavy atom. The topological polar surface area (TPSA) is 37.8 Å². The molecule has 0 aliphatic carbocycles. The zero-order valence-corrected chi connectivity index (χ0v) is 10.5. The summed E-state index contributed by atoms with van der Waals surface area (Å²) in [5.41, 5.74) is 2.19. The summed E-state index contributed by atoms with van der Waals surface area (Å²) in [6.45, 7) is 4.56. The minimum absolute atomic E-state index is 0.209. The lowest BCUT2D eigenvalue weighted by molar-refractivity contribution is 0.554. The van der Waals surface area contributed by atoms with Gasteiger partial charge in [-0.05, 0) is 12.1 Å². The molecule has 4 heteroatoms. The number of aromatic nitrogens is 2. The van der Waals surface area contributed by atoms with Gasteiger partial charge in [0.25, 0.3) is 0 Å². The molecule has 0 aliphatic heterocycles. The van der Waals surface area contributed by atoms with Crippen LogP contribution in [-0.2, 0) is 6.54 Å². The summed E-state index contributed by atoms with van der Waals surface area (Å²) in [7, 11) is 0. The summed E-state index contributed by atoms with van der Waals surface area (Å²) >= 11 is 0. The lowest BCUT2D eigenvalue weighted by Crippen LogP contribution is -2.22. The van der Waals surface area contributed by atoms with Crippen LogP contribution in [0.3, 0.4) is 0 Å². The quantitative estimate of drug-likeness (QED) is 0.900. The van der Waals surface area contributed by atoms with Crippen molar-refractivity contribution in [1.29, 1.82) is 0 Å². The van der Waals surface area contributed by atoms with Gasteiger partial charge in [0.15, 0.2) is 0 Å². The van der Waals surface area contributed by atoms with Gasteiger partial charge in [0.05, 0.1) is 5.69 Å². The smallest absolute Gasteiger partial charge is 0.128 e. The normalized spacial score (nSPS) is 10.9. The lowest BCUT2D eigenvalue weighted by Gasteiger charge is -2.13. The fourth-order valence-electron chi connectivity index (χ4n) is 1.73. The standard InChI is InChI=1S/C14H16FN3/c1-10(2)17-8-12-11(4-3-5-13(12)15)14-6-7-16-9-18-14/h3-7,9-10,17H,8H2,1-2H3. The second-order valence-corrected chi connectivity index (χ2v) is 4.40. The van der Waals surface area contributed by atoms with E-state index in [1.807, 2.05) is 19.9 Å². The molecule has 0 spiro atoms. The Morgan fingerprint density at radius 2 is 2.11 bits per heavy atom. The molecule has 2 aromatic rings. The van der Waals surface area contributed by atoms with Gasteiger partial charge in [-0.15, -0.1) is 0 Å². The molecule has 94 valence electrons. The maximum absolute atomic E-state index is 13.9. The molecule has 18 heavy (non-hydrogen) atoms. The Labute approximate surface area is 106 Å². The van der Waals surface area contributed by atoms with Gasteiger partial charge < -0.3 is 5.32 Å². The van der Waals surface area contributed by atoms with Crippen LogP contribution < -0.4 is 5.32 Å². The average molecular weight is 245 g/mol. The molecule has 0 atom stereocenters. The van der Waals surface area contributed by atoms with Crippen LogP contribution in [0.2, 0.25) is 0 Å². The zero-order chi connectivity index (χ0) is 13.0. The number of nitrogens with zero attached hydrogens (tertiary/aromatic N) is 2. The third-order valence-electron chi connectivity index (χ3n) is 2.66. The Hall–Kier alpha value is -1.81. The van der Waals surface area contributed by atoms with Crippen LogP contribution in [0.25, 0.3) is 11.3 Å². The van der Waals surface area contributed by atoms with E-state index in [4.69, 9.17) is 0 Å². The predicted molar refractivity (Wildman–Crippen MR) is 69.4 cm³/mol. The van der Waals surface area contributed by atoms with Crippen LogP contribution in [0.1, 0.15) is 19.4 Å². The van der Waals surface area contributed by atoms with Crippen molar-refractivity contribution in [2.24, 2.45) is 0 Å². The molecule has 1 aromatic heterocycles. The first-order valence-corrected chi connectivity index (χ1v) is 5.95. The van der Waals surface area contributed by atoms with Crippen LogP contribution in [0.5, 0.6) is 0 Å². The molecule has 1 aromatic carbocycles. The van der Waals surface area contributed by atoms with Gasteiger partial charge in [-0.2, -0.15) is 0 Å². The number of benzene rings is 1. The van der Waals surface area contributed by atoms with E-state index in [9.17, 15) is 4.39 Å². The van der Waals surface area contributed by atoms with Crippen LogP contribution in [0.15, 0.2) is 36.8 Å². The monoisotopic (exact) mass is 245 g/mol. The molecule has 3 nitrogen and oxygen atoms in total. The van der Waals surface area contributed by atoms with E-state index in [-0.39, 0.29) is 5.82 Å². The molecule has 0 saturated carbocycles. The summed E-state index contributed by atoms with van der Waals surface area (Å²) in [4.78, 5) is 8.05. The molecule has 0 aliphatic rings. The molecule has 0 fully saturated rings. The molecule has 1 heterocycles. The van der Waals surface area contributed by atoms with Gasteiger partial charge in [0.2, 0.25) is 0 Å². The van der Waals surface area contributed by atoms with Crippen molar-refractivity contribution in [3.8, 4) is 11.3 Å². The summed E-state index contributed by atoms with van der Waals surface area (Å²) in [5.74, 6) is -0.209. The molecule has 0 bridgehead atoms. The highest BCUT2D eigenvalue weighted by atomic mass is 19.1. The van der Waals surface area contributed by atoms with Crippen molar-refractivity contribution in [2.45, 2.75) is 26.4 Å². The second kappa shape index (κ2) is 5.69. The number of nitrogens with one attached hydrogen (secondary N) is 1. The Kier molecular flexibility index (Phi) is 3.99. The first kappa shape index (κ1) is 12.6. The van der Waals surface area contributed by atoms with Crippen molar-refractivity contribution in [3.63, 3.8) is 0 Å². The van der Waals surface area contributed by atoms with Gasteiger partial charge in [0, 0.05) is 29.9 Å². The summed E-state index contributed by atoms with van der Waals surface area (Å²) < 4.78 is 13.9. The number of hydrogen-bond donors (Lipinski definition) is 1. The van der Waals surface area contributed by atoms with Crippen molar-refractivity contribution in [2.75, 3.05) is 0 Å². The van der Waals surface area contributed by atoms with Crippen LogP contribution >= 0.6 is 0 Å². The van der Waals surface area contributed by atoms with E-state index in [1.165, 1.54) is 12.4 Å². The van der Waals surface area contributed by atoms with E-state index in [2.05, 4.69) is 15.3 Å². The minimum Gasteiger partial charge on any atom is -0.310 e. The highest BCUT2D eigenvalue weighted by Gasteiger charge is 2.11. The Balaban J connectivity index is 2.38. The first-order valence-electron chi connectivity index (χ1n) is 5.95. The molecular weight excluding hydrogens is 229 g/mol. The van der Waals surface area contributed by atoms with Crippen LogP contribution in [0.4, 0.5) is 4.39 Å². The number of hydrogen-bond acceptors (Lipinski definition) is 3. The fraction of sp³-hybridized carbons (Fsp3) is 0.286. The van der Waals surface area contributed by atoms with E-state index in [0.29, 0.717) is 18.2 Å². The molecular formula is C14H16FN3. The van der Waals surface area contributed by atoms with Crippen molar-refractivity contribution < 1.29 is 4.39 Å². The van der Waals surface area contributed by atoms with Gasteiger partial charge >= 0.3 is 0 Å². The minimum atomic E-state index is -0.209. The van der Waals surface area contributed by atoms with Crippen molar-refractivity contribution >= 4 is 0 Å². The predicted octanol–water partition coefficient (Wildman–Crippen LogP) is 2.78. The Morgan fingerprint density at radius 1 is 1.28 bits per heavy atom. The summed E-state index contributed by atoms with van der Waals surface area (Å²) in [6.07, 6.45) is 3.13. The summed E-state index contributed by atoms with van der Waals surface area (Å²) in [5, 5.41) is 3.23. The molecule has 0 unspecified atom stereocenters.